The average molecular weight is 364 g/mol. The Hall–Kier alpha value is -2.64. The summed E-state index contributed by atoms with van der Waals surface area (Å²) in [6, 6.07) is 6.39. The van der Waals surface area contributed by atoms with Crippen LogP contribution in [0, 0.1) is 0 Å². The van der Waals surface area contributed by atoms with Crippen molar-refractivity contribution in [1.29, 1.82) is 0 Å². The maximum Gasteiger partial charge on any atom is 0.418 e. The smallest absolute Gasteiger partial charge is 0.357 e. The van der Waals surface area contributed by atoms with Crippen LogP contribution < -0.4 is 10.2 Å². The molecule has 1 N–H and O–H groups in total. The number of carbonyl (C=O) groups is 1. The maximum absolute atomic E-state index is 13.1. The van der Waals surface area contributed by atoms with Gasteiger partial charge in [-0.2, -0.15) is 13.2 Å². The molecule has 1 fully saturated rings. The maximum atomic E-state index is 13.1. The molecule has 2 heterocycles. The van der Waals surface area contributed by atoms with Crippen LogP contribution in [0.2, 0.25) is 0 Å². The van der Waals surface area contributed by atoms with Crippen molar-refractivity contribution in [3.63, 3.8) is 0 Å². The molecule has 3 rings (SSSR count). The Balaban J connectivity index is 1.80. The van der Waals surface area contributed by atoms with E-state index in [1.165, 1.54) is 30.6 Å². The van der Waals surface area contributed by atoms with Gasteiger partial charge in [-0.1, -0.05) is 25.0 Å². The highest BCUT2D eigenvalue weighted by atomic mass is 19.4. The molecule has 0 bridgehead atoms. The van der Waals surface area contributed by atoms with Crippen LogP contribution in [0.1, 0.15) is 41.7 Å². The molecule has 1 amide bonds. The molecule has 0 saturated carbocycles. The quantitative estimate of drug-likeness (QED) is 0.890. The molecule has 26 heavy (non-hydrogen) atoms. The molecule has 1 saturated heterocycles. The third-order valence-corrected chi connectivity index (χ3v) is 4.30. The largest absolute Gasteiger partial charge is 0.418 e. The summed E-state index contributed by atoms with van der Waals surface area (Å²) >= 11 is 0. The van der Waals surface area contributed by atoms with E-state index in [-0.39, 0.29) is 11.4 Å². The zero-order valence-corrected chi connectivity index (χ0v) is 14.1. The average Bonchev–Trinajstić information content (AvgIpc) is 2.91. The number of aromatic nitrogens is 2. The van der Waals surface area contributed by atoms with E-state index < -0.39 is 17.6 Å². The van der Waals surface area contributed by atoms with Crippen LogP contribution in [0.15, 0.2) is 36.7 Å². The van der Waals surface area contributed by atoms with E-state index in [0.717, 1.165) is 44.8 Å². The molecule has 1 aliphatic heterocycles. The molecule has 0 aliphatic carbocycles. The summed E-state index contributed by atoms with van der Waals surface area (Å²) in [5, 5.41) is 2.31. The highest BCUT2D eigenvalue weighted by Gasteiger charge is 2.33. The normalized spacial score (nSPS) is 15.4. The fraction of sp³-hybridized carbons (Fsp3) is 0.389. The summed E-state index contributed by atoms with van der Waals surface area (Å²) in [5.74, 6) is -0.0728. The third-order valence-electron chi connectivity index (χ3n) is 4.30. The molecule has 0 radical (unpaired) electrons. The van der Waals surface area contributed by atoms with Crippen molar-refractivity contribution in [3.8, 4) is 0 Å². The number of amides is 1. The first kappa shape index (κ1) is 18.2. The van der Waals surface area contributed by atoms with Crippen molar-refractivity contribution in [3.05, 3.63) is 47.9 Å². The highest BCUT2D eigenvalue weighted by Crippen LogP contribution is 2.34. The summed E-state index contributed by atoms with van der Waals surface area (Å²) in [5.41, 5.74) is -1.15. The number of nitrogens with zero attached hydrogens (tertiary/aromatic N) is 3. The molecule has 0 spiro atoms. The number of rotatable bonds is 3. The number of carbonyl (C=O) groups excluding carboxylic acids is 1. The number of hydrogen-bond acceptors (Lipinski definition) is 4. The van der Waals surface area contributed by atoms with Crippen LogP contribution >= 0.6 is 0 Å². The van der Waals surface area contributed by atoms with Gasteiger partial charge in [0.1, 0.15) is 17.8 Å². The molecule has 2 aromatic rings. The van der Waals surface area contributed by atoms with Crippen LogP contribution in [0.5, 0.6) is 0 Å². The van der Waals surface area contributed by atoms with Gasteiger partial charge in [0.25, 0.3) is 5.91 Å². The Morgan fingerprint density at radius 3 is 2.42 bits per heavy atom. The fourth-order valence-corrected chi connectivity index (χ4v) is 2.97. The molecular weight excluding hydrogens is 345 g/mol. The van der Waals surface area contributed by atoms with Gasteiger partial charge in [0.2, 0.25) is 0 Å². The van der Waals surface area contributed by atoms with Crippen molar-refractivity contribution >= 4 is 17.4 Å². The molecule has 138 valence electrons. The second kappa shape index (κ2) is 7.72. The number of hydrogen-bond donors (Lipinski definition) is 1. The van der Waals surface area contributed by atoms with E-state index in [1.54, 1.807) is 0 Å². The van der Waals surface area contributed by atoms with Gasteiger partial charge in [-0.05, 0) is 25.0 Å². The summed E-state index contributed by atoms with van der Waals surface area (Å²) in [7, 11) is 0. The van der Waals surface area contributed by atoms with Gasteiger partial charge >= 0.3 is 6.18 Å². The van der Waals surface area contributed by atoms with Crippen LogP contribution in [-0.2, 0) is 6.18 Å². The molecule has 1 aromatic heterocycles. The van der Waals surface area contributed by atoms with Crippen LogP contribution in [0.25, 0.3) is 0 Å². The van der Waals surface area contributed by atoms with Gasteiger partial charge < -0.3 is 10.2 Å². The third kappa shape index (κ3) is 4.30. The van der Waals surface area contributed by atoms with Crippen LogP contribution in [-0.4, -0.2) is 29.0 Å². The zero-order chi connectivity index (χ0) is 18.6. The number of anilines is 2. The first-order valence-corrected chi connectivity index (χ1v) is 8.50. The molecule has 8 heteroatoms. The predicted molar refractivity (Wildman–Crippen MR) is 92.1 cm³/mol. The number of benzene rings is 1. The van der Waals surface area contributed by atoms with Crippen molar-refractivity contribution < 1.29 is 18.0 Å². The lowest BCUT2D eigenvalue weighted by Crippen LogP contribution is -2.26. The van der Waals surface area contributed by atoms with Gasteiger partial charge in [0.15, 0.2) is 0 Å². The summed E-state index contributed by atoms with van der Waals surface area (Å²) < 4.78 is 39.2. The Labute approximate surface area is 149 Å². The standard InChI is InChI=1S/C18H19F3N4O/c19-18(20,21)13-7-3-4-8-14(13)24-17(26)15-11-16(23-12-22-15)25-9-5-1-2-6-10-25/h3-4,7-8,11-12H,1-2,5-6,9-10H2,(H,24,26). The number of halogens is 3. The summed E-state index contributed by atoms with van der Waals surface area (Å²) in [6.45, 7) is 1.68. The van der Waals surface area contributed by atoms with E-state index in [1.807, 2.05) is 0 Å². The molecule has 0 atom stereocenters. The van der Waals surface area contributed by atoms with E-state index >= 15 is 0 Å². The van der Waals surface area contributed by atoms with E-state index in [4.69, 9.17) is 0 Å². The van der Waals surface area contributed by atoms with Crippen molar-refractivity contribution in [2.24, 2.45) is 0 Å². The number of para-hydroxylation sites is 1. The van der Waals surface area contributed by atoms with Gasteiger partial charge in [-0.3, -0.25) is 4.79 Å². The highest BCUT2D eigenvalue weighted by molar-refractivity contribution is 6.03. The first-order valence-electron chi connectivity index (χ1n) is 8.50. The molecular formula is C18H19F3N4O. The SMILES string of the molecule is O=C(Nc1ccccc1C(F)(F)F)c1cc(N2CCCCCC2)ncn1. The van der Waals surface area contributed by atoms with Gasteiger partial charge in [-0.15, -0.1) is 0 Å². The van der Waals surface area contributed by atoms with E-state index in [2.05, 4.69) is 20.2 Å². The van der Waals surface area contributed by atoms with Crippen LogP contribution in [0.3, 0.4) is 0 Å². The van der Waals surface area contributed by atoms with Crippen molar-refractivity contribution in [2.45, 2.75) is 31.9 Å². The van der Waals surface area contributed by atoms with Gasteiger partial charge in [0, 0.05) is 19.2 Å². The Kier molecular flexibility index (Phi) is 5.39. The summed E-state index contributed by atoms with van der Waals surface area (Å²) in [4.78, 5) is 22.6. The molecule has 1 aliphatic rings. The molecule has 5 nitrogen and oxygen atoms in total. The topological polar surface area (TPSA) is 58.1 Å². The van der Waals surface area contributed by atoms with Gasteiger partial charge in [0.05, 0.1) is 11.3 Å². The lowest BCUT2D eigenvalue weighted by molar-refractivity contribution is -0.136. The Morgan fingerprint density at radius 2 is 1.73 bits per heavy atom. The van der Waals surface area contributed by atoms with E-state index in [0.29, 0.717) is 5.82 Å². The molecule has 0 unspecified atom stereocenters. The minimum Gasteiger partial charge on any atom is -0.357 e. The van der Waals surface area contributed by atoms with Crippen molar-refractivity contribution in [2.75, 3.05) is 23.3 Å². The van der Waals surface area contributed by atoms with Crippen molar-refractivity contribution in [1.82, 2.24) is 9.97 Å². The number of alkyl halides is 3. The Bertz CT molecular complexity index is 771. The van der Waals surface area contributed by atoms with Gasteiger partial charge in [-0.25, -0.2) is 9.97 Å². The summed E-state index contributed by atoms with van der Waals surface area (Å²) in [6.07, 6.45) is 1.12. The zero-order valence-electron chi connectivity index (χ0n) is 14.1. The second-order valence-electron chi connectivity index (χ2n) is 6.16. The number of nitrogens with one attached hydrogen (secondary N) is 1. The Morgan fingerprint density at radius 1 is 1.04 bits per heavy atom. The predicted octanol–water partition coefficient (Wildman–Crippen LogP) is 4.13. The lowest BCUT2D eigenvalue weighted by Gasteiger charge is -2.21. The fourth-order valence-electron chi connectivity index (χ4n) is 2.97. The second-order valence-corrected chi connectivity index (χ2v) is 6.16. The first-order chi connectivity index (χ1) is 12.4. The van der Waals surface area contributed by atoms with Crippen LogP contribution in [0.4, 0.5) is 24.7 Å². The minimum atomic E-state index is -4.55. The minimum absolute atomic E-state index is 0.0382. The monoisotopic (exact) mass is 364 g/mol. The lowest BCUT2D eigenvalue weighted by atomic mass is 10.1. The van der Waals surface area contributed by atoms with E-state index in [9.17, 15) is 18.0 Å². The molecule has 1 aromatic carbocycles.